The molecule has 6 fully saturated rings. The number of carbonyl (C=O) groups is 2. The normalized spacial score (nSPS) is 18.0. The molecule has 6 aliphatic carbocycles. The third-order valence-electron chi connectivity index (χ3n) is 14.5. The van der Waals surface area contributed by atoms with Crippen molar-refractivity contribution in [3.63, 3.8) is 0 Å². The average Bonchev–Trinajstić information content (AvgIpc) is 0.859. The average molecular weight is 1480 g/mol. The van der Waals surface area contributed by atoms with Crippen LogP contribution in [0.2, 0.25) is 0 Å². The number of aliphatic hydroxyl groups excluding tert-OH is 5. The van der Waals surface area contributed by atoms with Gasteiger partial charge in [-0.05, 0) is 151 Å². The van der Waals surface area contributed by atoms with Crippen molar-refractivity contribution in [2.24, 2.45) is 17.8 Å². The van der Waals surface area contributed by atoms with Crippen LogP contribution in [-0.2, 0) is 76.6 Å². The number of non-ortho nitro benzene ring substituents is 2. The van der Waals surface area contributed by atoms with Crippen LogP contribution in [0.4, 0.5) is 11.4 Å². The topological polar surface area (TPSA) is 549 Å². The van der Waals surface area contributed by atoms with E-state index in [1.165, 1.54) is 126 Å². The molecule has 0 aliphatic heterocycles. The molecule has 33 heteroatoms. The van der Waals surface area contributed by atoms with Gasteiger partial charge in [-0.2, -0.15) is 67.1 Å². The van der Waals surface area contributed by atoms with Crippen molar-refractivity contribution in [3.8, 4) is 5.75 Å². The Kier molecular flexibility index (Phi) is 98.9. The summed E-state index contributed by atoms with van der Waals surface area (Å²) < 4.78 is 10.3. The number of para-hydroxylation sites is 1. The van der Waals surface area contributed by atoms with E-state index in [0.717, 1.165) is 121 Å². The maximum atomic E-state index is 11.9. The number of carboxylic acids is 1. The minimum atomic E-state index is -1.09. The number of carboxylic acid groups (broad SMARTS) is 1. The molecule has 0 saturated heterocycles. The van der Waals surface area contributed by atoms with Crippen LogP contribution in [0.3, 0.4) is 0 Å². The molecule has 0 spiro atoms. The molecule has 0 aromatic heterocycles. The van der Waals surface area contributed by atoms with Gasteiger partial charge in [-0.15, -0.1) is 0 Å². The molecule has 32 nitrogen and oxygen atoms in total. The number of aromatic carboxylic acids is 1. The summed E-state index contributed by atoms with van der Waals surface area (Å²) in [5.41, 5.74) is 0.271. The Bertz CT molecular complexity index is 2490. The molecule has 9 rings (SSSR count). The van der Waals surface area contributed by atoms with Crippen LogP contribution in [0.5, 0.6) is 5.75 Å². The molecule has 6 atom stereocenters. The van der Waals surface area contributed by atoms with Crippen LogP contribution in [0.25, 0.3) is 0 Å². The smallest absolute Gasteiger partial charge is 0.870 e. The fourth-order valence-corrected chi connectivity index (χ4v) is 9.83. The first-order chi connectivity index (χ1) is 48.1. The van der Waals surface area contributed by atoms with Crippen LogP contribution in [0.15, 0.2) is 78.9 Å². The number of carbonyl (C=O) groups excluding carboxylic acids is 15. The zero-order valence-electron chi connectivity index (χ0n) is 59.7. The Morgan fingerprint density at radius 3 is 0.856 bits per heavy atom. The Morgan fingerprint density at radius 1 is 0.413 bits per heavy atom. The standard InChI is InChI=1S/C14H17NO4.C7H5NO4.2C7H14O.3C6H12O.C6H6O.C4H10O.7CO2.CH4.Li.H2O/c1-10-3-2-4-13(9-10)19-14(16)11-5-7-12(8-6-11)15(17)18;9-7(10)5-1-3-6(4-2-5)8(11)12;2*1-6-3-2-4-7(8)5-6;4*7-6-4-2-1-3-5-6;1-3-5-4-2;7*2-1-3;;;/h5-8,10,13H,2-4,9H2,1H3;1-4H,(H,9,10);2*6-8H,2-5H2,1H3;3*6-7H,1-5H2;1-5,7H;3-4H2,1-2H3;;;;;;;;1H4;;1H2/q;;;;;;;;;;;;;;;;;+1;/p-1/t10-,13-;;6-,7+;6-,7-;;;;;;;;;;;;;;;/m0.00.............../s1. The van der Waals surface area contributed by atoms with Gasteiger partial charge in [0, 0.05) is 37.5 Å². The SMILES string of the molecule is C.CCOCC.C[C@H]1CCC[C@@H](O)C1.C[C@H]1CCC[C@H](O)C1.C[C@H]1CCC[C@H](OC(=O)c2ccc([N+](=O)[O-])cc2)C1.O=C(O)c1ccc([N+](=O)[O-])cc1.O=C=O.O=C=O.O=C=O.O=C=O.O=C=O.O=C=O.O=C=O.OC1CCCCC1.OC1CCCCC1.OC1CCCCC1.Oc1ccccc1.[Li+].[OH-]. The number of aromatic hydroxyl groups is 1. The Morgan fingerprint density at radius 2 is 0.673 bits per heavy atom. The number of hydrogen-bond acceptors (Lipinski definition) is 29. The number of ether oxygens (including phenoxy) is 2. The summed E-state index contributed by atoms with van der Waals surface area (Å²) in [4.78, 5) is 156. The van der Waals surface area contributed by atoms with Crippen molar-refractivity contribution in [3.05, 3.63) is 110 Å². The number of aliphatic hydroxyl groups is 5. The van der Waals surface area contributed by atoms with E-state index in [0.29, 0.717) is 17.2 Å². The Hall–Kier alpha value is -8.82. The number of nitrogens with zero attached hydrogens (tertiary/aromatic N) is 2. The van der Waals surface area contributed by atoms with E-state index in [1.807, 2.05) is 19.9 Å². The number of hydrogen-bond donors (Lipinski definition) is 7. The summed E-state index contributed by atoms with van der Waals surface area (Å²) in [6.45, 7) is 12.2. The molecule has 3 aromatic carbocycles. The molecule has 0 amide bonds. The molecule has 6 aliphatic rings. The summed E-state index contributed by atoms with van der Waals surface area (Å²) in [7, 11) is 0. The van der Waals surface area contributed by atoms with Gasteiger partial charge in [0.15, 0.2) is 0 Å². The first-order valence-electron chi connectivity index (χ1n) is 32.7. The van der Waals surface area contributed by atoms with Gasteiger partial charge in [0.1, 0.15) is 11.9 Å². The predicted octanol–water partition coefficient (Wildman–Crippen LogP) is 7.49. The van der Waals surface area contributed by atoms with Crippen LogP contribution >= 0.6 is 0 Å². The van der Waals surface area contributed by atoms with Crippen molar-refractivity contribution in [2.45, 2.75) is 252 Å². The fourth-order valence-electron chi connectivity index (χ4n) is 9.83. The van der Waals surface area contributed by atoms with Crippen molar-refractivity contribution in [1.82, 2.24) is 0 Å². The zero-order chi connectivity index (χ0) is 78.5. The van der Waals surface area contributed by atoms with Gasteiger partial charge >= 0.3 is 73.9 Å². The van der Waals surface area contributed by atoms with Gasteiger partial charge in [-0.3, -0.25) is 20.2 Å². The van der Waals surface area contributed by atoms with E-state index in [2.05, 4.69) is 20.8 Å². The molecule has 582 valence electrons. The summed E-state index contributed by atoms with van der Waals surface area (Å²) in [6, 6.07) is 18.9. The van der Waals surface area contributed by atoms with Crippen LogP contribution in [0, 0.1) is 38.0 Å². The Labute approximate surface area is 618 Å². The van der Waals surface area contributed by atoms with Crippen molar-refractivity contribution in [2.75, 3.05) is 13.2 Å². The predicted molar refractivity (Wildman–Crippen MR) is 359 cm³/mol. The molecular formula is C71H107LiN2O30. The molecule has 0 unspecified atom stereocenters. The van der Waals surface area contributed by atoms with E-state index in [4.69, 9.17) is 112 Å². The van der Waals surface area contributed by atoms with Crippen molar-refractivity contribution in [1.29, 1.82) is 0 Å². The molecule has 0 bridgehead atoms. The molecule has 104 heavy (non-hydrogen) atoms. The quantitative estimate of drug-likeness (QED) is 0.0521. The van der Waals surface area contributed by atoms with Crippen LogP contribution < -0.4 is 18.9 Å². The Balaban J connectivity index is -0.000000118. The largest absolute Gasteiger partial charge is 1.00 e. The van der Waals surface area contributed by atoms with E-state index in [9.17, 15) is 29.8 Å². The van der Waals surface area contributed by atoms with Gasteiger partial charge < -0.3 is 50.7 Å². The van der Waals surface area contributed by atoms with Crippen molar-refractivity contribution >= 4 is 66.4 Å². The maximum Gasteiger partial charge on any atom is 1.00 e. The van der Waals surface area contributed by atoms with E-state index < -0.39 is 21.8 Å². The fraction of sp³-hybridized carbons (Fsp3) is 0.620. The second-order valence-electron chi connectivity index (χ2n) is 22.6. The number of phenolic OH excluding ortho intramolecular Hbond substituents is 1. The zero-order valence-corrected chi connectivity index (χ0v) is 59.7. The summed E-state index contributed by atoms with van der Waals surface area (Å²) >= 11 is 0. The number of phenols is 1. The second-order valence-corrected chi connectivity index (χ2v) is 22.6. The summed E-state index contributed by atoms with van der Waals surface area (Å²) in [5, 5.41) is 82.6. The third-order valence-corrected chi connectivity index (χ3v) is 14.5. The van der Waals surface area contributed by atoms with Crippen LogP contribution in [0.1, 0.15) is 236 Å². The third kappa shape index (κ3) is 87.4. The van der Waals surface area contributed by atoms with Gasteiger partial charge in [0.05, 0.1) is 51.5 Å². The molecule has 0 radical (unpaired) electrons. The van der Waals surface area contributed by atoms with Gasteiger partial charge in [0.25, 0.3) is 11.4 Å². The second kappa shape index (κ2) is 88.4. The number of rotatable bonds is 7. The first kappa shape index (κ1) is 116. The molecular weight excluding hydrogens is 1370 g/mol. The number of esters is 1. The number of nitro groups is 2. The van der Waals surface area contributed by atoms with Crippen molar-refractivity contribution < 1.29 is 156 Å². The van der Waals surface area contributed by atoms with Crippen LogP contribution in [-0.4, -0.2) is 156 Å². The minimum Gasteiger partial charge on any atom is -0.870 e. The van der Waals surface area contributed by atoms with Gasteiger partial charge in [-0.1, -0.05) is 136 Å². The van der Waals surface area contributed by atoms with E-state index in [1.54, 1.807) is 24.3 Å². The number of benzene rings is 3. The number of nitro benzene ring substituents is 2. The van der Waals surface area contributed by atoms with Gasteiger partial charge in [-0.25, -0.2) is 9.59 Å². The molecule has 0 heterocycles. The molecule has 3 aromatic rings. The van der Waals surface area contributed by atoms with E-state index >= 15 is 0 Å². The molecule has 8 N–H and O–H groups in total. The first-order valence-corrected chi connectivity index (χ1v) is 32.7. The minimum absolute atomic E-state index is 0. The maximum absolute atomic E-state index is 11.9. The summed E-state index contributed by atoms with van der Waals surface area (Å²) in [5.74, 6) is 0.947. The van der Waals surface area contributed by atoms with Gasteiger partial charge in [0.2, 0.25) is 0 Å². The molecule has 6 saturated carbocycles. The van der Waals surface area contributed by atoms with E-state index in [-0.39, 0.29) is 128 Å². The monoisotopic (exact) mass is 1470 g/mol. The summed E-state index contributed by atoms with van der Waals surface area (Å²) in [6.07, 6.45) is 32.8.